The second kappa shape index (κ2) is 8.52. The van der Waals surface area contributed by atoms with Crippen molar-refractivity contribution in [3.8, 4) is 6.07 Å². The highest BCUT2D eigenvalue weighted by Gasteiger charge is 2.15. The number of hydrogen-bond donors (Lipinski definition) is 2. The molecule has 0 atom stereocenters. The van der Waals surface area contributed by atoms with Gasteiger partial charge in [0.1, 0.15) is 11.1 Å². The molecule has 1 heterocycles. The van der Waals surface area contributed by atoms with E-state index in [0.717, 1.165) is 4.90 Å². The van der Waals surface area contributed by atoms with Gasteiger partial charge in [-0.2, -0.15) is 5.26 Å². The number of thioether (sulfide) groups is 1. The van der Waals surface area contributed by atoms with Crippen molar-refractivity contribution in [1.82, 2.24) is 5.32 Å². The van der Waals surface area contributed by atoms with Gasteiger partial charge in [0, 0.05) is 10.9 Å². The molecule has 0 unspecified atom stereocenters. The summed E-state index contributed by atoms with van der Waals surface area (Å²) in [6.45, 7) is 3.80. The van der Waals surface area contributed by atoms with Crippen molar-refractivity contribution in [2.24, 2.45) is 0 Å². The summed E-state index contributed by atoms with van der Waals surface area (Å²) in [5.41, 5.74) is 0.923. The Kier molecular flexibility index (Phi) is 6.41. The Hall–Kier alpha value is -2.30. The van der Waals surface area contributed by atoms with Crippen LogP contribution in [0.1, 0.15) is 29.8 Å². The van der Waals surface area contributed by atoms with E-state index in [1.54, 1.807) is 23.6 Å². The van der Waals surface area contributed by atoms with E-state index in [4.69, 9.17) is 5.26 Å². The predicted octanol–water partition coefficient (Wildman–Crippen LogP) is 3.49. The molecule has 2 aromatic rings. The van der Waals surface area contributed by atoms with Gasteiger partial charge in [-0.1, -0.05) is 12.1 Å². The molecule has 0 spiro atoms. The number of amides is 2. The van der Waals surface area contributed by atoms with Crippen molar-refractivity contribution in [1.29, 1.82) is 5.26 Å². The van der Waals surface area contributed by atoms with Crippen LogP contribution in [-0.2, 0) is 4.79 Å². The Bertz CT molecular complexity index is 778. The third-order valence-electron chi connectivity index (χ3n) is 2.95. The normalized spacial score (nSPS) is 10.2. The molecule has 0 aliphatic rings. The van der Waals surface area contributed by atoms with Crippen LogP contribution in [0.4, 0.5) is 5.00 Å². The van der Waals surface area contributed by atoms with Crippen LogP contribution in [0.5, 0.6) is 0 Å². The van der Waals surface area contributed by atoms with E-state index in [-0.39, 0.29) is 23.6 Å². The highest BCUT2D eigenvalue weighted by atomic mass is 32.2. The maximum absolute atomic E-state index is 12.5. The van der Waals surface area contributed by atoms with Gasteiger partial charge >= 0.3 is 0 Å². The topological polar surface area (TPSA) is 82.0 Å². The summed E-state index contributed by atoms with van der Waals surface area (Å²) in [6.07, 6.45) is 0. The van der Waals surface area contributed by atoms with Gasteiger partial charge in [0.25, 0.3) is 5.91 Å². The van der Waals surface area contributed by atoms with E-state index < -0.39 is 0 Å². The zero-order valence-electron chi connectivity index (χ0n) is 13.3. The standard InChI is InChI=1S/C17H17N3O2S2/c1-11(2)19-15(21)10-24-14-6-4-3-5-13(14)16(22)20-17-12(9-18)7-8-23-17/h3-8,11H,10H2,1-2H3,(H,19,21)(H,20,22). The molecule has 1 aromatic heterocycles. The summed E-state index contributed by atoms with van der Waals surface area (Å²) in [4.78, 5) is 25.0. The quantitative estimate of drug-likeness (QED) is 0.774. The molecule has 124 valence electrons. The van der Waals surface area contributed by atoms with Gasteiger partial charge in [-0.3, -0.25) is 9.59 Å². The Morgan fingerprint density at radius 3 is 2.75 bits per heavy atom. The first-order valence-electron chi connectivity index (χ1n) is 7.31. The van der Waals surface area contributed by atoms with Crippen molar-refractivity contribution in [2.75, 3.05) is 11.1 Å². The van der Waals surface area contributed by atoms with Crippen LogP contribution >= 0.6 is 23.1 Å². The predicted molar refractivity (Wildman–Crippen MR) is 97.4 cm³/mol. The van der Waals surface area contributed by atoms with Crippen molar-refractivity contribution < 1.29 is 9.59 Å². The maximum atomic E-state index is 12.5. The van der Waals surface area contributed by atoms with E-state index in [9.17, 15) is 9.59 Å². The second-order valence-electron chi connectivity index (χ2n) is 5.24. The molecule has 0 aliphatic heterocycles. The lowest BCUT2D eigenvalue weighted by Gasteiger charge is -2.11. The molecule has 24 heavy (non-hydrogen) atoms. The van der Waals surface area contributed by atoms with Crippen LogP contribution < -0.4 is 10.6 Å². The molecule has 0 fully saturated rings. The van der Waals surface area contributed by atoms with Gasteiger partial charge < -0.3 is 10.6 Å². The monoisotopic (exact) mass is 359 g/mol. The first-order chi connectivity index (χ1) is 11.5. The van der Waals surface area contributed by atoms with Crippen LogP contribution in [0.2, 0.25) is 0 Å². The van der Waals surface area contributed by atoms with Crippen LogP contribution in [0.3, 0.4) is 0 Å². The summed E-state index contributed by atoms with van der Waals surface area (Å²) in [6, 6.07) is 10.9. The third-order valence-corrected chi connectivity index (χ3v) is 4.86. The molecule has 1 aromatic carbocycles. The van der Waals surface area contributed by atoms with Gasteiger partial charge in [0.2, 0.25) is 5.91 Å². The minimum atomic E-state index is -0.290. The number of hydrogen-bond acceptors (Lipinski definition) is 5. The zero-order valence-corrected chi connectivity index (χ0v) is 15.0. The fourth-order valence-corrected chi connectivity index (χ4v) is 3.55. The Labute approximate surface area is 149 Å². The van der Waals surface area contributed by atoms with Crippen molar-refractivity contribution >= 4 is 39.9 Å². The number of nitrogens with zero attached hydrogens (tertiary/aromatic N) is 1. The van der Waals surface area contributed by atoms with Gasteiger partial charge in [-0.05, 0) is 37.4 Å². The number of nitriles is 1. The number of rotatable bonds is 6. The average molecular weight is 359 g/mol. The van der Waals surface area contributed by atoms with Crippen molar-refractivity contribution in [3.63, 3.8) is 0 Å². The van der Waals surface area contributed by atoms with Crippen LogP contribution in [0.15, 0.2) is 40.6 Å². The third kappa shape index (κ3) is 4.85. The largest absolute Gasteiger partial charge is 0.353 e. The number of anilines is 1. The average Bonchev–Trinajstić information content (AvgIpc) is 2.99. The van der Waals surface area contributed by atoms with Gasteiger partial charge in [-0.15, -0.1) is 23.1 Å². The van der Waals surface area contributed by atoms with Crippen LogP contribution in [0.25, 0.3) is 0 Å². The van der Waals surface area contributed by atoms with Crippen LogP contribution in [-0.4, -0.2) is 23.6 Å². The second-order valence-corrected chi connectivity index (χ2v) is 7.17. The number of carbonyl (C=O) groups excluding carboxylic acids is 2. The van der Waals surface area contributed by atoms with Crippen molar-refractivity contribution in [2.45, 2.75) is 24.8 Å². The summed E-state index contributed by atoms with van der Waals surface area (Å²) < 4.78 is 0. The molecule has 5 nitrogen and oxygen atoms in total. The number of benzene rings is 1. The number of carbonyl (C=O) groups is 2. The highest BCUT2D eigenvalue weighted by molar-refractivity contribution is 8.00. The van der Waals surface area contributed by atoms with Gasteiger partial charge in [0.05, 0.1) is 16.9 Å². The summed E-state index contributed by atoms with van der Waals surface area (Å²) in [7, 11) is 0. The lowest BCUT2D eigenvalue weighted by molar-refractivity contribution is -0.119. The Morgan fingerprint density at radius 2 is 2.04 bits per heavy atom. The minimum Gasteiger partial charge on any atom is -0.353 e. The summed E-state index contributed by atoms with van der Waals surface area (Å²) in [5.74, 6) is -0.123. The van der Waals surface area contributed by atoms with Gasteiger partial charge in [-0.25, -0.2) is 0 Å². The molecule has 0 saturated heterocycles. The van der Waals surface area contributed by atoms with Crippen LogP contribution in [0, 0.1) is 11.3 Å². The molecule has 0 saturated carbocycles. The van der Waals surface area contributed by atoms with E-state index in [0.29, 0.717) is 16.1 Å². The molecule has 0 radical (unpaired) electrons. The highest BCUT2D eigenvalue weighted by Crippen LogP contribution is 2.26. The van der Waals surface area contributed by atoms with Crippen molar-refractivity contribution in [3.05, 3.63) is 46.8 Å². The Morgan fingerprint density at radius 1 is 1.29 bits per heavy atom. The summed E-state index contributed by atoms with van der Waals surface area (Å²) >= 11 is 2.62. The number of nitrogens with one attached hydrogen (secondary N) is 2. The van der Waals surface area contributed by atoms with E-state index in [1.807, 2.05) is 32.0 Å². The number of thiophene rings is 1. The fraction of sp³-hybridized carbons (Fsp3) is 0.235. The zero-order chi connectivity index (χ0) is 17.5. The molecular weight excluding hydrogens is 342 g/mol. The molecule has 2 amide bonds. The molecule has 7 heteroatoms. The Balaban J connectivity index is 2.09. The van der Waals surface area contributed by atoms with E-state index in [1.165, 1.54) is 23.1 Å². The lowest BCUT2D eigenvalue weighted by Crippen LogP contribution is -2.31. The lowest BCUT2D eigenvalue weighted by atomic mass is 10.2. The summed E-state index contributed by atoms with van der Waals surface area (Å²) in [5, 5.41) is 16.9. The molecule has 0 bridgehead atoms. The molecule has 2 N–H and O–H groups in total. The van der Waals surface area contributed by atoms with E-state index >= 15 is 0 Å². The molecular formula is C17H17N3O2S2. The smallest absolute Gasteiger partial charge is 0.257 e. The molecule has 2 rings (SSSR count). The first kappa shape index (κ1) is 18.0. The SMILES string of the molecule is CC(C)NC(=O)CSc1ccccc1C(=O)Nc1sccc1C#N. The maximum Gasteiger partial charge on any atom is 0.257 e. The fourth-order valence-electron chi connectivity index (χ4n) is 1.95. The minimum absolute atomic E-state index is 0.0739. The van der Waals surface area contributed by atoms with Gasteiger partial charge in [0.15, 0.2) is 0 Å². The van der Waals surface area contributed by atoms with E-state index in [2.05, 4.69) is 10.6 Å². The molecule has 0 aliphatic carbocycles. The first-order valence-corrected chi connectivity index (χ1v) is 9.18.